The molecule has 0 spiro atoms. The first-order valence-corrected chi connectivity index (χ1v) is 19.6. The van der Waals surface area contributed by atoms with Crippen molar-refractivity contribution in [3.05, 3.63) is 197 Å². The van der Waals surface area contributed by atoms with E-state index in [1.807, 2.05) is 24.3 Å². The SMILES string of the molecule is [C-]#[N+]c1cccc(-c2ccc(-n3c4ccccc4c4cc(-c5ccc(C)cc5C)ccc43)c(C#N)c2-n2c3ccccc3c3cc(-c4ccc(C)cc4C)ccc32)c1. The number of aromatic nitrogens is 2. The molecule has 0 aliphatic rings. The molecular weight excluding hydrogens is 705 g/mol. The minimum atomic E-state index is 0.549. The maximum Gasteiger partial charge on any atom is 0.187 e. The van der Waals surface area contributed by atoms with Gasteiger partial charge in [0, 0.05) is 27.1 Å². The molecule has 0 N–H and O–H groups in total. The maximum absolute atomic E-state index is 11.5. The lowest BCUT2D eigenvalue weighted by molar-refractivity contribution is 1.12. The Bertz CT molecular complexity index is 3410. The number of aryl methyl sites for hydroxylation is 4. The number of hydrogen-bond acceptors (Lipinski definition) is 1. The lowest BCUT2D eigenvalue weighted by atomic mass is 9.96. The Morgan fingerprint density at radius 3 is 1.55 bits per heavy atom. The fourth-order valence-corrected chi connectivity index (χ4v) is 9.14. The summed E-state index contributed by atoms with van der Waals surface area (Å²) >= 11 is 0. The predicted octanol–water partition coefficient (Wildman–Crippen LogP) is 14.5. The van der Waals surface area contributed by atoms with Crippen LogP contribution in [0, 0.1) is 45.6 Å². The molecule has 0 bridgehead atoms. The summed E-state index contributed by atoms with van der Waals surface area (Å²) in [6.45, 7) is 16.4. The Kier molecular flexibility index (Phi) is 8.11. The monoisotopic (exact) mass is 742 g/mol. The van der Waals surface area contributed by atoms with Gasteiger partial charge in [0.1, 0.15) is 11.6 Å². The topological polar surface area (TPSA) is 38.0 Å². The van der Waals surface area contributed by atoms with Crippen LogP contribution in [0.3, 0.4) is 0 Å². The van der Waals surface area contributed by atoms with Crippen LogP contribution >= 0.6 is 0 Å². The third-order valence-corrected chi connectivity index (χ3v) is 11.7. The number of nitrogens with zero attached hydrogens (tertiary/aromatic N) is 4. The van der Waals surface area contributed by atoms with E-state index in [0.29, 0.717) is 11.3 Å². The second-order valence-corrected chi connectivity index (χ2v) is 15.4. The van der Waals surface area contributed by atoms with Gasteiger partial charge in [-0.25, -0.2) is 4.85 Å². The van der Waals surface area contributed by atoms with E-state index in [0.717, 1.165) is 77.2 Å². The molecule has 0 fully saturated rings. The van der Waals surface area contributed by atoms with Gasteiger partial charge in [0.05, 0.1) is 40.0 Å². The van der Waals surface area contributed by atoms with E-state index in [1.54, 1.807) is 0 Å². The first-order valence-electron chi connectivity index (χ1n) is 19.6. The van der Waals surface area contributed by atoms with E-state index < -0.39 is 0 Å². The molecule has 0 saturated carbocycles. The molecule has 4 heteroatoms. The summed E-state index contributed by atoms with van der Waals surface area (Å²) in [6, 6.07) is 58.2. The highest BCUT2D eigenvalue weighted by atomic mass is 15.0. The van der Waals surface area contributed by atoms with Crippen LogP contribution < -0.4 is 0 Å². The first-order chi connectivity index (χ1) is 28.3. The predicted molar refractivity (Wildman–Crippen MR) is 241 cm³/mol. The van der Waals surface area contributed by atoms with Crippen molar-refractivity contribution in [2.24, 2.45) is 0 Å². The van der Waals surface area contributed by atoms with E-state index in [1.165, 1.54) is 33.4 Å². The van der Waals surface area contributed by atoms with Crippen molar-refractivity contribution in [2.75, 3.05) is 0 Å². The molecular formula is C54H38N4. The van der Waals surface area contributed by atoms with Crippen LogP contribution in [0.1, 0.15) is 27.8 Å². The molecule has 10 aromatic rings. The lowest BCUT2D eigenvalue weighted by Gasteiger charge is -2.20. The summed E-state index contributed by atoms with van der Waals surface area (Å²) < 4.78 is 4.52. The molecule has 58 heavy (non-hydrogen) atoms. The largest absolute Gasteiger partial charge is 0.308 e. The summed E-state index contributed by atoms with van der Waals surface area (Å²) in [5.74, 6) is 0. The van der Waals surface area contributed by atoms with E-state index >= 15 is 0 Å². The molecule has 0 atom stereocenters. The molecule has 0 aliphatic heterocycles. The van der Waals surface area contributed by atoms with Crippen molar-refractivity contribution in [3.63, 3.8) is 0 Å². The third-order valence-electron chi connectivity index (χ3n) is 11.7. The third kappa shape index (κ3) is 5.42. The minimum absolute atomic E-state index is 0.549. The van der Waals surface area contributed by atoms with Gasteiger partial charge in [-0.1, -0.05) is 120 Å². The quantitative estimate of drug-likeness (QED) is 0.162. The molecule has 2 heterocycles. The van der Waals surface area contributed by atoms with Crippen LogP contribution in [-0.2, 0) is 0 Å². The molecule has 0 amide bonds. The van der Waals surface area contributed by atoms with Gasteiger partial charge in [-0.2, -0.15) is 5.26 Å². The molecule has 4 nitrogen and oxygen atoms in total. The Morgan fingerprint density at radius 2 is 0.983 bits per heavy atom. The van der Waals surface area contributed by atoms with Crippen LogP contribution in [0.4, 0.5) is 5.69 Å². The molecule has 0 radical (unpaired) electrons. The summed E-state index contributed by atoms with van der Waals surface area (Å²) in [5.41, 5.74) is 18.2. The average Bonchev–Trinajstić information content (AvgIpc) is 3.75. The smallest absolute Gasteiger partial charge is 0.187 e. The fourth-order valence-electron chi connectivity index (χ4n) is 9.14. The van der Waals surface area contributed by atoms with Gasteiger partial charge in [0.15, 0.2) is 5.69 Å². The normalized spacial score (nSPS) is 11.4. The highest BCUT2D eigenvalue weighted by Gasteiger charge is 2.25. The Balaban J connectivity index is 1.29. The number of fused-ring (bicyclic) bond motifs is 6. The van der Waals surface area contributed by atoms with Crippen LogP contribution in [0.2, 0.25) is 0 Å². The number of nitriles is 1. The summed E-state index contributed by atoms with van der Waals surface area (Å²) in [5, 5.41) is 16.0. The second-order valence-electron chi connectivity index (χ2n) is 15.4. The summed E-state index contributed by atoms with van der Waals surface area (Å²) in [7, 11) is 0. The molecule has 0 aliphatic carbocycles. The maximum atomic E-state index is 11.5. The molecule has 0 unspecified atom stereocenters. The van der Waals surface area contributed by atoms with Crippen molar-refractivity contribution in [1.29, 1.82) is 5.26 Å². The summed E-state index contributed by atoms with van der Waals surface area (Å²) in [6.07, 6.45) is 0. The van der Waals surface area contributed by atoms with Crippen molar-refractivity contribution < 1.29 is 0 Å². The van der Waals surface area contributed by atoms with Gasteiger partial charge >= 0.3 is 0 Å². The molecule has 274 valence electrons. The zero-order chi connectivity index (χ0) is 39.7. The molecule has 0 saturated heterocycles. The standard InChI is InChI=1S/C54H38N4/c1-33-17-21-41(35(3)27-33)38-19-24-51-46(30-38)44-13-6-8-15-49(44)57(51)53-26-23-43(37-11-10-12-40(29-37)56-5)54(48(53)32-55)58-50-16-9-7-14-45(50)47-31-39(20-25-52(47)58)42-22-18-34(2)28-36(42)4/h6-31H,1-4H3. The molecule has 10 rings (SSSR count). The van der Waals surface area contributed by atoms with E-state index in [4.69, 9.17) is 6.57 Å². The highest BCUT2D eigenvalue weighted by molar-refractivity contribution is 6.13. The lowest BCUT2D eigenvalue weighted by Crippen LogP contribution is -2.06. The van der Waals surface area contributed by atoms with Gasteiger partial charge < -0.3 is 9.13 Å². The van der Waals surface area contributed by atoms with E-state index in [-0.39, 0.29) is 0 Å². The van der Waals surface area contributed by atoms with Crippen molar-refractivity contribution in [2.45, 2.75) is 27.7 Å². The van der Waals surface area contributed by atoms with Crippen molar-refractivity contribution in [1.82, 2.24) is 9.13 Å². The van der Waals surface area contributed by atoms with Gasteiger partial charge in [-0.05, 0) is 115 Å². The molecule has 8 aromatic carbocycles. The zero-order valence-corrected chi connectivity index (χ0v) is 32.8. The molecule has 2 aromatic heterocycles. The number of para-hydroxylation sites is 2. The van der Waals surface area contributed by atoms with Crippen LogP contribution in [0.5, 0.6) is 0 Å². The van der Waals surface area contributed by atoms with Gasteiger partial charge in [0.25, 0.3) is 0 Å². The van der Waals surface area contributed by atoms with E-state index in [9.17, 15) is 5.26 Å². The Hall–Kier alpha value is -7.66. The van der Waals surface area contributed by atoms with Crippen LogP contribution in [-0.4, -0.2) is 9.13 Å². The minimum Gasteiger partial charge on any atom is -0.308 e. The highest BCUT2D eigenvalue weighted by Crippen LogP contribution is 2.44. The van der Waals surface area contributed by atoms with Gasteiger partial charge in [-0.15, -0.1) is 0 Å². The average molecular weight is 743 g/mol. The van der Waals surface area contributed by atoms with Gasteiger partial charge in [-0.3, -0.25) is 0 Å². The fraction of sp³-hybridized carbons (Fsp3) is 0.0741. The van der Waals surface area contributed by atoms with Crippen LogP contribution in [0.25, 0.3) is 93.2 Å². The van der Waals surface area contributed by atoms with Gasteiger partial charge in [0.2, 0.25) is 0 Å². The number of rotatable bonds is 5. The first kappa shape index (κ1) is 34.8. The van der Waals surface area contributed by atoms with Crippen molar-refractivity contribution in [3.8, 4) is 50.8 Å². The Morgan fingerprint density at radius 1 is 0.466 bits per heavy atom. The number of hydrogen-bond donors (Lipinski definition) is 0. The zero-order valence-electron chi connectivity index (χ0n) is 32.8. The number of benzene rings is 8. The second kappa shape index (κ2) is 13.5. The Labute approximate surface area is 337 Å². The van der Waals surface area contributed by atoms with Crippen molar-refractivity contribution >= 4 is 49.3 Å². The summed E-state index contributed by atoms with van der Waals surface area (Å²) in [4.78, 5) is 3.78. The van der Waals surface area contributed by atoms with Crippen LogP contribution in [0.15, 0.2) is 158 Å². The van der Waals surface area contributed by atoms with E-state index in [2.05, 4.69) is 181 Å².